The van der Waals surface area contributed by atoms with Gasteiger partial charge in [0.2, 0.25) is 6.29 Å². The first-order valence-electron chi connectivity index (χ1n) is 10.0. The Kier molecular flexibility index (Phi) is 12.4. The van der Waals surface area contributed by atoms with Gasteiger partial charge >= 0.3 is 41.6 Å². The van der Waals surface area contributed by atoms with Crippen LogP contribution in [0, 0.1) is 5.92 Å². The molecule has 1 aliphatic rings. The average Bonchev–Trinajstić information content (AvgIpc) is 2.71. The normalized spacial score (nSPS) is 15.9. The van der Waals surface area contributed by atoms with Gasteiger partial charge in [-0.1, -0.05) is 49.9 Å². The van der Waals surface area contributed by atoms with Gasteiger partial charge < -0.3 is 24.7 Å². The van der Waals surface area contributed by atoms with E-state index >= 15 is 0 Å². The number of hydrogen-bond donors (Lipinski definition) is 1. The van der Waals surface area contributed by atoms with E-state index in [2.05, 4.69) is 5.32 Å². The molecule has 0 aliphatic heterocycles. The van der Waals surface area contributed by atoms with Crippen LogP contribution in [0.5, 0.6) is 0 Å². The molecule has 0 radical (unpaired) electrons. The van der Waals surface area contributed by atoms with Crippen LogP contribution in [0.25, 0.3) is 0 Å². The van der Waals surface area contributed by atoms with Crippen LogP contribution >= 0.6 is 11.6 Å². The maximum atomic E-state index is 12.4. The summed E-state index contributed by atoms with van der Waals surface area (Å²) in [4.78, 5) is 35.5. The minimum Gasteiger partial charge on any atom is -0.550 e. The fraction of sp³-hybridized carbons (Fsp3) is 0.571. The summed E-state index contributed by atoms with van der Waals surface area (Å²) in [5, 5.41) is 14.0. The summed E-state index contributed by atoms with van der Waals surface area (Å²) in [5.41, 5.74) is 0.680. The number of hydrogen-bond acceptors (Lipinski definition) is 6. The molecule has 1 amide bonds. The second-order valence-corrected chi connectivity index (χ2v) is 7.61. The molecule has 7 nitrogen and oxygen atoms in total. The van der Waals surface area contributed by atoms with Crippen molar-refractivity contribution in [2.45, 2.75) is 70.6 Å². The zero-order valence-electron chi connectivity index (χ0n) is 17.5. The minimum absolute atomic E-state index is 0. The van der Waals surface area contributed by atoms with E-state index in [0.29, 0.717) is 17.0 Å². The number of benzene rings is 1. The van der Waals surface area contributed by atoms with Gasteiger partial charge in [-0.2, -0.15) is 0 Å². The molecular formula is C21H27ClNNaO6. The SMILES string of the molecule is CCC(OC(=O)NC(CCC(=O)[O-])c1ccc(Cl)cc1)OC(=O)C1CCCCC1.[Na+]. The number of carboxylic acids is 1. The molecule has 9 heteroatoms. The standard InChI is InChI=1S/C21H28ClNO6.Na/c1-2-19(28-20(26)15-6-4-3-5-7-15)29-21(27)23-17(12-13-18(24)25)14-8-10-16(22)11-9-14;/h8-11,15,17,19H,2-7,12-13H2,1H3,(H,23,27)(H,24,25);/q;+1/p-1. The summed E-state index contributed by atoms with van der Waals surface area (Å²) >= 11 is 5.89. The smallest absolute Gasteiger partial charge is 0.550 e. The molecule has 1 aliphatic carbocycles. The first-order valence-corrected chi connectivity index (χ1v) is 10.4. The second kappa shape index (κ2) is 13.9. The summed E-state index contributed by atoms with van der Waals surface area (Å²) < 4.78 is 10.6. The van der Waals surface area contributed by atoms with Crippen molar-refractivity contribution in [3.8, 4) is 0 Å². The van der Waals surface area contributed by atoms with Crippen molar-refractivity contribution in [3.05, 3.63) is 34.9 Å². The molecule has 0 saturated heterocycles. The van der Waals surface area contributed by atoms with Crippen LogP contribution in [0.2, 0.25) is 5.02 Å². The largest absolute Gasteiger partial charge is 1.00 e. The quantitative estimate of drug-likeness (QED) is 0.336. The number of carbonyl (C=O) groups excluding carboxylic acids is 3. The summed E-state index contributed by atoms with van der Waals surface area (Å²) in [7, 11) is 0. The fourth-order valence-corrected chi connectivity index (χ4v) is 3.46. The average molecular weight is 448 g/mol. The Morgan fingerprint density at radius 1 is 1.13 bits per heavy atom. The van der Waals surface area contributed by atoms with Crippen molar-refractivity contribution < 1.29 is 58.5 Å². The van der Waals surface area contributed by atoms with Crippen LogP contribution in [0.3, 0.4) is 0 Å². The first-order chi connectivity index (χ1) is 13.9. The first kappa shape index (κ1) is 26.8. The van der Waals surface area contributed by atoms with Gasteiger partial charge in [0.05, 0.1) is 12.0 Å². The van der Waals surface area contributed by atoms with E-state index in [1.165, 1.54) is 0 Å². The second-order valence-electron chi connectivity index (χ2n) is 7.17. The van der Waals surface area contributed by atoms with Crippen LogP contribution in [0.1, 0.15) is 69.9 Å². The molecule has 2 unspecified atom stereocenters. The van der Waals surface area contributed by atoms with Crippen molar-refractivity contribution >= 4 is 29.6 Å². The molecular weight excluding hydrogens is 421 g/mol. The van der Waals surface area contributed by atoms with Gasteiger partial charge in [-0.05, 0) is 43.4 Å². The molecule has 0 bridgehead atoms. The monoisotopic (exact) mass is 447 g/mol. The molecule has 0 spiro atoms. The van der Waals surface area contributed by atoms with E-state index in [1.807, 2.05) is 0 Å². The summed E-state index contributed by atoms with van der Waals surface area (Å²) in [5.74, 6) is -1.70. The minimum atomic E-state index is -1.22. The molecule has 0 aromatic heterocycles. The van der Waals surface area contributed by atoms with E-state index in [9.17, 15) is 19.5 Å². The summed E-state index contributed by atoms with van der Waals surface area (Å²) in [6.07, 6.45) is 3.14. The van der Waals surface area contributed by atoms with Gasteiger partial charge in [0.1, 0.15) is 0 Å². The molecule has 30 heavy (non-hydrogen) atoms. The number of amides is 1. The number of aliphatic carboxylic acids is 1. The Hall–Kier alpha value is -1.28. The number of ether oxygens (including phenoxy) is 2. The predicted octanol–water partition coefficient (Wildman–Crippen LogP) is 0.501. The van der Waals surface area contributed by atoms with E-state index in [4.69, 9.17) is 21.1 Å². The van der Waals surface area contributed by atoms with Gasteiger partial charge in [-0.15, -0.1) is 0 Å². The van der Waals surface area contributed by atoms with E-state index in [0.717, 1.165) is 32.1 Å². The molecule has 160 valence electrons. The van der Waals surface area contributed by atoms with E-state index in [-0.39, 0.29) is 54.3 Å². The van der Waals surface area contributed by atoms with Crippen molar-refractivity contribution in [3.63, 3.8) is 0 Å². The van der Waals surface area contributed by atoms with Crippen molar-refractivity contribution in [1.29, 1.82) is 0 Å². The number of nitrogens with one attached hydrogen (secondary N) is 1. The van der Waals surface area contributed by atoms with Crippen LogP contribution in [0.4, 0.5) is 4.79 Å². The summed E-state index contributed by atoms with van der Waals surface area (Å²) in [6.45, 7) is 1.75. The Morgan fingerprint density at radius 2 is 1.77 bits per heavy atom. The van der Waals surface area contributed by atoms with Crippen LogP contribution < -0.4 is 40.0 Å². The molecule has 2 rings (SSSR count). The molecule has 1 aromatic rings. The predicted molar refractivity (Wildman–Crippen MR) is 105 cm³/mol. The third-order valence-corrected chi connectivity index (χ3v) is 5.21. The van der Waals surface area contributed by atoms with Gasteiger partial charge in [0, 0.05) is 17.4 Å². The van der Waals surface area contributed by atoms with E-state index < -0.39 is 24.4 Å². The molecule has 1 fully saturated rings. The number of carbonyl (C=O) groups is 3. The molecule has 2 atom stereocenters. The Balaban J connectivity index is 0.00000450. The number of carboxylic acid groups (broad SMARTS) is 1. The van der Waals surface area contributed by atoms with E-state index in [1.54, 1.807) is 31.2 Å². The maximum absolute atomic E-state index is 12.4. The third-order valence-electron chi connectivity index (χ3n) is 4.96. The van der Waals surface area contributed by atoms with Gasteiger partial charge in [-0.3, -0.25) is 4.79 Å². The third kappa shape index (κ3) is 9.25. The Bertz CT molecular complexity index is 693. The Labute approximate surface area is 204 Å². The molecule has 1 aromatic carbocycles. The molecule has 0 heterocycles. The number of rotatable bonds is 9. The maximum Gasteiger partial charge on any atom is 1.00 e. The number of halogens is 1. The zero-order valence-corrected chi connectivity index (χ0v) is 20.3. The zero-order chi connectivity index (χ0) is 21.2. The van der Waals surface area contributed by atoms with Gasteiger partial charge in [0.25, 0.3) is 0 Å². The molecule has 1 saturated carbocycles. The van der Waals surface area contributed by atoms with Crippen molar-refractivity contribution in [1.82, 2.24) is 5.32 Å². The molecule has 1 N–H and O–H groups in total. The van der Waals surface area contributed by atoms with Crippen LogP contribution in [0.15, 0.2) is 24.3 Å². The topological polar surface area (TPSA) is 105 Å². The van der Waals surface area contributed by atoms with Crippen molar-refractivity contribution in [2.75, 3.05) is 0 Å². The van der Waals surface area contributed by atoms with Gasteiger partial charge in [0.15, 0.2) is 0 Å². The summed E-state index contributed by atoms with van der Waals surface area (Å²) in [6, 6.07) is 6.09. The van der Waals surface area contributed by atoms with Crippen LogP contribution in [-0.4, -0.2) is 24.3 Å². The van der Waals surface area contributed by atoms with Gasteiger partial charge in [-0.25, -0.2) is 4.79 Å². The van der Waals surface area contributed by atoms with Crippen molar-refractivity contribution in [2.24, 2.45) is 5.92 Å². The number of alkyl carbamates (subject to hydrolysis) is 1. The van der Waals surface area contributed by atoms with Crippen LogP contribution in [-0.2, 0) is 19.1 Å². The number of esters is 1. The Morgan fingerprint density at radius 3 is 2.33 bits per heavy atom. The fourth-order valence-electron chi connectivity index (χ4n) is 3.33.